The van der Waals surface area contributed by atoms with Crippen molar-refractivity contribution in [2.45, 2.75) is 55.8 Å². The predicted octanol–water partition coefficient (Wildman–Crippen LogP) is 1.57. The first-order valence-electron chi connectivity index (χ1n) is 9.24. The Labute approximate surface area is 178 Å². The summed E-state index contributed by atoms with van der Waals surface area (Å²) in [5.74, 6) is 0. The number of aliphatic hydroxyl groups is 4. The van der Waals surface area contributed by atoms with Crippen LogP contribution in [0.25, 0.3) is 0 Å². The van der Waals surface area contributed by atoms with Gasteiger partial charge < -0.3 is 25.2 Å². The summed E-state index contributed by atoms with van der Waals surface area (Å²) >= 11 is 7.94. The highest BCUT2D eigenvalue weighted by Crippen LogP contribution is 2.34. The SMILES string of the molecule is CSc1nnc(Cc2cc([C@@H]3O[C@H](CO)[C@@H](O)[C@H](O)[C@H]3O)ccc2Cl)c(C)c1C. The first-order valence-corrected chi connectivity index (χ1v) is 10.8. The van der Waals surface area contributed by atoms with Crippen molar-refractivity contribution in [1.82, 2.24) is 10.2 Å². The van der Waals surface area contributed by atoms with Crippen molar-refractivity contribution in [3.8, 4) is 0 Å². The highest BCUT2D eigenvalue weighted by molar-refractivity contribution is 7.98. The number of halogens is 1. The Morgan fingerprint density at radius 1 is 1.07 bits per heavy atom. The Morgan fingerprint density at radius 2 is 1.79 bits per heavy atom. The standard InChI is InChI=1S/C20H25ClN2O5S/c1-9-10(2)20(29-3)23-22-14(9)7-12-6-11(4-5-13(12)21)19-18(27)17(26)16(25)15(8-24)28-19/h4-6,15-19,24-27H,7-8H2,1-3H3/t15-,16-,17+,18-,19+/m1/s1. The molecule has 4 N–H and O–H groups in total. The van der Waals surface area contributed by atoms with Gasteiger partial charge in [0.15, 0.2) is 0 Å². The van der Waals surface area contributed by atoms with E-state index < -0.39 is 37.1 Å². The molecule has 1 fully saturated rings. The predicted molar refractivity (Wildman–Crippen MR) is 110 cm³/mol. The van der Waals surface area contributed by atoms with Gasteiger partial charge in [-0.3, -0.25) is 0 Å². The van der Waals surface area contributed by atoms with Crippen LogP contribution in [0.4, 0.5) is 0 Å². The van der Waals surface area contributed by atoms with Crippen molar-refractivity contribution in [1.29, 1.82) is 0 Å². The largest absolute Gasteiger partial charge is 0.394 e. The maximum atomic E-state index is 10.4. The Morgan fingerprint density at radius 3 is 2.45 bits per heavy atom. The summed E-state index contributed by atoms with van der Waals surface area (Å²) in [5.41, 5.74) is 4.27. The molecule has 1 aromatic heterocycles. The van der Waals surface area contributed by atoms with E-state index in [9.17, 15) is 20.4 Å². The molecule has 5 atom stereocenters. The second kappa shape index (κ2) is 9.26. The molecular weight excluding hydrogens is 416 g/mol. The van der Waals surface area contributed by atoms with Gasteiger partial charge in [0.05, 0.1) is 12.3 Å². The minimum Gasteiger partial charge on any atom is -0.394 e. The molecule has 0 aliphatic carbocycles. The van der Waals surface area contributed by atoms with Crippen molar-refractivity contribution < 1.29 is 25.2 Å². The molecule has 0 unspecified atom stereocenters. The van der Waals surface area contributed by atoms with Crippen molar-refractivity contribution in [3.63, 3.8) is 0 Å². The van der Waals surface area contributed by atoms with E-state index in [-0.39, 0.29) is 0 Å². The molecular formula is C20H25ClN2O5S. The van der Waals surface area contributed by atoms with Crippen LogP contribution >= 0.6 is 23.4 Å². The number of nitrogens with zero attached hydrogens (tertiary/aromatic N) is 2. The Bertz CT molecular complexity index is 882. The molecule has 1 aromatic carbocycles. The van der Waals surface area contributed by atoms with Crippen LogP contribution in [0, 0.1) is 13.8 Å². The zero-order valence-electron chi connectivity index (χ0n) is 16.4. The lowest BCUT2D eigenvalue weighted by atomic mass is 9.90. The summed E-state index contributed by atoms with van der Waals surface area (Å²) in [6.45, 7) is 3.53. The van der Waals surface area contributed by atoms with Gasteiger partial charge in [-0.1, -0.05) is 23.7 Å². The lowest BCUT2D eigenvalue weighted by Gasteiger charge is -2.40. The highest BCUT2D eigenvalue weighted by Gasteiger charge is 2.44. The summed E-state index contributed by atoms with van der Waals surface area (Å²) in [6.07, 6.45) is -3.64. The van der Waals surface area contributed by atoms with E-state index in [2.05, 4.69) is 10.2 Å². The molecule has 0 saturated carbocycles. The minimum absolute atomic E-state index is 0.443. The lowest BCUT2D eigenvalue weighted by Crippen LogP contribution is -2.55. The third kappa shape index (κ3) is 4.44. The van der Waals surface area contributed by atoms with E-state index >= 15 is 0 Å². The van der Waals surface area contributed by atoms with E-state index in [0.29, 0.717) is 17.0 Å². The van der Waals surface area contributed by atoms with Gasteiger partial charge in [0.2, 0.25) is 0 Å². The fourth-order valence-corrected chi connectivity index (χ4v) is 4.23. The zero-order valence-corrected chi connectivity index (χ0v) is 18.0. The van der Waals surface area contributed by atoms with Crippen LogP contribution in [-0.4, -0.2) is 67.9 Å². The molecule has 0 bridgehead atoms. The quantitative estimate of drug-likeness (QED) is 0.518. The minimum atomic E-state index is -1.43. The van der Waals surface area contributed by atoms with Crippen molar-refractivity contribution >= 4 is 23.4 Å². The Kier molecular flexibility index (Phi) is 7.16. The molecule has 0 radical (unpaired) electrons. The molecule has 0 amide bonds. The fraction of sp³-hybridized carbons (Fsp3) is 0.500. The van der Waals surface area contributed by atoms with Gasteiger partial charge >= 0.3 is 0 Å². The first-order chi connectivity index (χ1) is 13.8. The van der Waals surface area contributed by atoms with Crippen LogP contribution in [0.2, 0.25) is 5.02 Å². The summed E-state index contributed by atoms with van der Waals surface area (Å²) in [4.78, 5) is 0. The number of aliphatic hydroxyl groups excluding tert-OH is 4. The summed E-state index contributed by atoms with van der Waals surface area (Å²) in [6, 6.07) is 5.17. The average molecular weight is 441 g/mol. The molecule has 1 aliphatic heterocycles. The third-order valence-corrected chi connectivity index (χ3v) is 6.56. The molecule has 3 rings (SSSR count). The molecule has 0 spiro atoms. The molecule has 1 aliphatic rings. The molecule has 2 heterocycles. The number of aromatic nitrogens is 2. The summed E-state index contributed by atoms with van der Waals surface area (Å²) in [7, 11) is 0. The van der Waals surface area contributed by atoms with Crippen LogP contribution in [0.1, 0.15) is 34.1 Å². The van der Waals surface area contributed by atoms with Crippen LogP contribution in [-0.2, 0) is 11.2 Å². The summed E-state index contributed by atoms with van der Waals surface area (Å²) < 4.78 is 5.65. The van der Waals surface area contributed by atoms with Gasteiger partial charge in [-0.2, -0.15) is 5.10 Å². The van der Waals surface area contributed by atoms with E-state index in [1.807, 2.05) is 20.1 Å². The Balaban J connectivity index is 1.92. The number of ether oxygens (including phenoxy) is 1. The second-order valence-corrected chi connectivity index (χ2v) is 8.39. The smallest absolute Gasteiger partial charge is 0.122 e. The Hall–Kier alpha value is -1.26. The van der Waals surface area contributed by atoms with E-state index in [1.54, 1.807) is 30.0 Å². The first kappa shape index (κ1) is 22.4. The van der Waals surface area contributed by atoms with Gasteiger partial charge in [0.1, 0.15) is 35.5 Å². The number of hydrogen-bond acceptors (Lipinski definition) is 8. The lowest BCUT2D eigenvalue weighted by molar-refractivity contribution is -0.231. The maximum Gasteiger partial charge on any atom is 0.122 e. The van der Waals surface area contributed by atoms with Crippen LogP contribution < -0.4 is 0 Å². The average Bonchev–Trinajstić information content (AvgIpc) is 2.72. The van der Waals surface area contributed by atoms with Crippen LogP contribution in [0.5, 0.6) is 0 Å². The monoisotopic (exact) mass is 440 g/mol. The van der Waals surface area contributed by atoms with Crippen molar-refractivity contribution in [2.75, 3.05) is 12.9 Å². The van der Waals surface area contributed by atoms with Gasteiger partial charge in [0.25, 0.3) is 0 Å². The van der Waals surface area contributed by atoms with E-state index in [0.717, 1.165) is 27.4 Å². The maximum absolute atomic E-state index is 10.4. The molecule has 7 nitrogen and oxygen atoms in total. The van der Waals surface area contributed by atoms with Gasteiger partial charge in [0, 0.05) is 11.4 Å². The van der Waals surface area contributed by atoms with Gasteiger partial charge in [-0.05, 0) is 48.4 Å². The summed E-state index contributed by atoms with van der Waals surface area (Å²) in [5, 5.41) is 49.9. The number of thioether (sulfide) groups is 1. The third-order valence-electron chi connectivity index (χ3n) is 5.42. The van der Waals surface area contributed by atoms with Crippen molar-refractivity contribution in [3.05, 3.63) is 51.2 Å². The molecule has 2 aromatic rings. The van der Waals surface area contributed by atoms with E-state index in [4.69, 9.17) is 16.3 Å². The van der Waals surface area contributed by atoms with Crippen LogP contribution in [0.15, 0.2) is 23.2 Å². The van der Waals surface area contributed by atoms with Crippen molar-refractivity contribution in [2.24, 2.45) is 0 Å². The zero-order chi connectivity index (χ0) is 21.3. The number of benzene rings is 1. The van der Waals surface area contributed by atoms with Gasteiger partial charge in [-0.25, -0.2) is 0 Å². The van der Waals surface area contributed by atoms with Gasteiger partial charge in [-0.15, -0.1) is 16.9 Å². The number of hydrogen-bond donors (Lipinski definition) is 4. The molecule has 1 saturated heterocycles. The molecule has 9 heteroatoms. The second-order valence-electron chi connectivity index (χ2n) is 7.18. The van der Waals surface area contributed by atoms with Crippen LogP contribution in [0.3, 0.4) is 0 Å². The van der Waals surface area contributed by atoms with E-state index in [1.165, 1.54) is 0 Å². The number of rotatable bonds is 5. The molecule has 158 valence electrons. The highest BCUT2D eigenvalue weighted by atomic mass is 35.5. The topological polar surface area (TPSA) is 116 Å². The fourth-order valence-electron chi connectivity index (χ4n) is 3.46. The normalized spacial score (nSPS) is 27.2. The molecule has 29 heavy (non-hydrogen) atoms.